The molecule has 0 atom stereocenters. The van der Waals surface area contributed by atoms with Crippen LogP contribution in [0.15, 0.2) is 6.07 Å². The summed E-state index contributed by atoms with van der Waals surface area (Å²) in [5.41, 5.74) is -0.376. The lowest BCUT2D eigenvalue weighted by Gasteiger charge is -2.07. The fraction of sp³-hybridized carbons (Fsp3) is 0.250. The number of rotatable bonds is 3. The highest BCUT2D eigenvalue weighted by Gasteiger charge is 2.35. The summed E-state index contributed by atoms with van der Waals surface area (Å²) < 4.78 is 39.2. The lowest BCUT2D eigenvalue weighted by Crippen LogP contribution is -2.18. The predicted octanol–water partition coefficient (Wildman–Crippen LogP) is 1.66. The van der Waals surface area contributed by atoms with Crippen LogP contribution in [0.25, 0.3) is 0 Å². The molecule has 1 aromatic rings. The van der Waals surface area contributed by atoms with E-state index in [2.05, 4.69) is 9.72 Å². The zero-order valence-electron chi connectivity index (χ0n) is 8.43. The summed E-state index contributed by atoms with van der Waals surface area (Å²) in [5.74, 6) is -3.28. The standard InChI is InChI=1S/C8H4F3N3O4/c9-8(10,11)18-5-3-4(1-2-12)6(15)7(13-5)14(16)17/h3,15H,1H2. The van der Waals surface area contributed by atoms with E-state index in [4.69, 9.17) is 5.26 Å². The van der Waals surface area contributed by atoms with Crippen molar-refractivity contribution >= 4 is 5.82 Å². The smallest absolute Gasteiger partial charge is 0.501 e. The van der Waals surface area contributed by atoms with Gasteiger partial charge >= 0.3 is 18.1 Å². The van der Waals surface area contributed by atoms with Crippen molar-refractivity contribution < 1.29 is 27.9 Å². The molecule has 0 saturated heterocycles. The number of nitrogens with zero attached hydrogens (tertiary/aromatic N) is 3. The number of ether oxygens (including phenoxy) is 1. The molecule has 18 heavy (non-hydrogen) atoms. The van der Waals surface area contributed by atoms with E-state index in [-0.39, 0.29) is 5.56 Å². The van der Waals surface area contributed by atoms with Gasteiger partial charge in [0.05, 0.1) is 12.5 Å². The molecular formula is C8H4F3N3O4. The van der Waals surface area contributed by atoms with Crippen molar-refractivity contribution in [2.24, 2.45) is 0 Å². The van der Waals surface area contributed by atoms with Gasteiger partial charge in [-0.25, -0.2) is 0 Å². The Kier molecular flexibility index (Phi) is 3.55. The molecule has 96 valence electrons. The molecule has 0 aliphatic heterocycles. The van der Waals surface area contributed by atoms with Crippen LogP contribution in [0.1, 0.15) is 5.56 Å². The average Bonchev–Trinajstić information content (AvgIpc) is 2.20. The third kappa shape index (κ3) is 3.21. The number of halogens is 3. The van der Waals surface area contributed by atoms with Gasteiger partial charge in [0.1, 0.15) is 0 Å². The van der Waals surface area contributed by atoms with E-state index in [1.54, 1.807) is 0 Å². The summed E-state index contributed by atoms with van der Waals surface area (Å²) in [5, 5.41) is 28.2. The zero-order chi connectivity index (χ0) is 13.9. The Morgan fingerprint density at radius 3 is 2.67 bits per heavy atom. The van der Waals surface area contributed by atoms with Gasteiger partial charge in [-0.15, -0.1) is 13.2 Å². The first-order valence-corrected chi connectivity index (χ1v) is 4.24. The van der Waals surface area contributed by atoms with E-state index in [1.807, 2.05) is 0 Å². The molecule has 0 radical (unpaired) electrons. The first kappa shape index (κ1) is 13.5. The largest absolute Gasteiger partial charge is 0.575 e. The van der Waals surface area contributed by atoms with E-state index in [1.165, 1.54) is 6.07 Å². The highest BCUT2D eigenvalue weighted by Crippen LogP contribution is 2.33. The Labute approximate surface area is 97.2 Å². The molecule has 10 heteroatoms. The molecule has 1 heterocycles. The molecule has 0 fully saturated rings. The zero-order valence-corrected chi connectivity index (χ0v) is 8.43. The van der Waals surface area contributed by atoms with Crippen molar-refractivity contribution in [1.82, 2.24) is 4.98 Å². The van der Waals surface area contributed by atoms with Crippen molar-refractivity contribution in [2.45, 2.75) is 12.8 Å². The van der Waals surface area contributed by atoms with Gasteiger partial charge in [0.15, 0.2) is 0 Å². The molecule has 0 spiro atoms. The maximum Gasteiger partial charge on any atom is 0.575 e. The van der Waals surface area contributed by atoms with E-state index in [9.17, 15) is 28.4 Å². The monoisotopic (exact) mass is 263 g/mol. The van der Waals surface area contributed by atoms with Crippen LogP contribution >= 0.6 is 0 Å². The summed E-state index contributed by atoms with van der Waals surface area (Å²) in [6, 6.07) is 2.14. The van der Waals surface area contributed by atoms with Crippen LogP contribution in [0.5, 0.6) is 11.6 Å². The Balaban J connectivity index is 3.30. The van der Waals surface area contributed by atoms with Gasteiger partial charge < -0.3 is 20.0 Å². The van der Waals surface area contributed by atoms with Gasteiger partial charge in [0.25, 0.3) is 0 Å². The number of hydrogen-bond acceptors (Lipinski definition) is 6. The molecule has 0 aliphatic rings. The van der Waals surface area contributed by atoms with Crippen LogP contribution in [0, 0.1) is 21.4 Å². The average molecular weight is 263 g/mol. The van der Waals surface area contributed by atoms with Crippen LogP contribution in [0.2, 0.25) is 0 Å². The van der Waals surface area contributed by atoms with Gasteiger partial charge in [0, 0.05) is 16.6 Å². The molecular weight excluding hydrogens is 259 g/mol. The molecule has 0 saturated carbocycles. The first-order valence-electron chi connectivity index (χ1n) is 4.24. The lowest BCUT2D eigenvalue weighted by atomic mass is 10.2. The van der Waals surface area contributed by atoms with Crippen molar-refractivity contribution in [1.29, 1.82) is 5.26 Å². The van der Waals surface area contributed by atoms with Gasteiger partial charge in [-0.3, -0.25) is 0 Å². The maximum absolute atomic E-state index is 11.9. The quantitative estimate of drug-likeness (QED) is 0.656. The molecule has 7 nitrogen and oxygen atoms in total. The molecule has 1 aromatic heterocycles. The van der Waals surface area contributed by atoms with Crippen LogP contribution in [0.3, 0.4) is 0 Å². The number of aromatic hydroxyl groups is 1. The summed E-state index contributed by atoms with van der Waals surface area (Å²) in [6.45, 7) is 0. The van der Waals surface area contributed by atoms with Crippen molar-refractivity contribution in [3.8, 4) is 17.7 Å². The third-order valence-corrected chi connectivity index (χ3v) is 1.69. The molecule has 0 aliphatic carbocycles. The molecule has 1 N–H and O–H groups in total. The fourth-order valence-electron chi connectivity index (χ4n) is 1.07. The Bertz CT molecular complexity index is 524. The molecule has 1 rings (SSSR count). The summed E-state index contributed by atoms with van der Waals surface area (Å²) in [4.78, 5) is 12.2. The summed E-state index contributed by atoms with van der Waals surface area (Å²) >= 11 is 0. The predicted molar refractivity (Wildman–Crippen MR) is 48.6 cm³/mol. The third-order valence-electron chi connectivity index (χ3n) is 1.69. The van der Waals surface area contributed by atoms with Gasteiger partial charge in [-0.2, -0.15) is 5.26 Å². The van der Waals surface area contributed by atoms with Crippen molar-refractivity contribution in [3.05, 3.63) is 21.7 Å². The van der Waals surface area contributed by atoms with E-state index in [0.717, 1.165) is 0 Å². The van der Waals surface area contributed by atoms with E-state index in [0.29, 0.717) is 6.07 Å². The minimum Gasteiger partial charge on any atom is -0.501 e. The minimum absolute atomic E-state index is 0.376. The second-order valence-electron chi connectivity index (χ2n) is 2.93. The number of nitro groups is 1. The van der Waals surface area contributed by atoms with Crippen LogP contribution < -0.4 is 4.74 Å². The highest BCUT2D eigenvalue weighted by atomic mass is 19.4. The van der Waals surface area contributed by atoms with E-state index >= 15 is 0 Å². The Hall–Kier alpha value is -2.57. The Morgan fingerprint density at radius 1 is 1.61 bits per heavy atom. The fourth-order valence-corrected chi connectivity index (χ4v) is 1.07. The number of aromatic nitrogens is 1. The number of nitriles is 1. The van der Waals surface area contributed by atoms with Crippen molar-refractivity contribution in [2.75, 3.05) is 0 Å². The normalized spacial score (nSPS) is 10.8. The summed E-state index contributed by atoms with van der Waals surface area (Å²) in [7, 11) is 0. The molecule has 0 bridgehead atoms. The number of pyridine rings is 1. The SMILES string of the molecule is N#CCc1cc(OC(F)(F)F)nc([N+](=O)[O-])c1O. The van der Waals surface area contributed by atoms with Crippen molar-refractivity contribution in [3.63, 3.8) is 0 Å². The second kappa shape index (κ2) is 4.74. The number of alkyl halides is 3. The van der Waals surface area contributed by atoms with Crippen LogP contribution in [-0.4, -0.2) is 21.4 Å². The molecule has 0 aromatic carbocycles. The van der Waals surface area contributed by atoms with E-state index < -0.39 is 35.2 Å². The van der Waals surface area contributed by atoms with Crippen LogP contribution in [-0.2, 0) is 6.42 Å². The van der Waals surface area contributed by atoms with Gasteiger partial charge in [-0.05, 0) is 4.92 Å². The van der Waals surface area contributed by atoms with Gasteiger partial charge in [-0.1, -0.05) is 0 Å². The van der Waals surface area contributed by atoms with Crippen LogP contribution in [0.4, 0.5) is 19.0 Å². The highest BCUT2D eigenvalue weighted by molar-refractivity contribution is 5.49. The topological polar surface area (TPSA) is 109 Å². The van der Waals surface area contributed by atoms with Gasteiger partial charge in [0.2, 0.25) is 5.75 Å². The lowest BCUT2D eigenvalue weighted by molar-refractivity contribution is -0.391. The minimum atomic E-state index is -5.08. The maximum atomic E-state index is 11.9. The molecule has 0 amide bonds. The second-order valence-corrected chi connectivity index (χ2v) is 2.93. The Morgan fingerprint density at radius 2 is 2.22 bits per heavy atom. The summed E-state index contributed by atoms with van der Waals surface area (Å²) in [6.07, 6.45) is -5.61. The molecule has 0 unspecified atom stereocenters. The first-order chi connectivity index (χ1) is 8.24. The number of hydrogen-bond donors (Lipinski definition) is 1.